The summed E-state index contributed by atoms with van der Waals surface area (Å²) in [6.07, 6.45) is 1.58. The lowest BCUT2D eigenvalue weighted by molar-refractivity contribution is 0.0209. The fourth-order valence-electron chi connectivity index (χ4n) is 2.61. The smallest absolute Gasteiger partial charge is 0.410 e. The van der Waals surface area contributed by atoms with E-state index in [2.05, 4.69) is 17.4 Å². The minimum Gasteiger partial charge on any atom is -0.444 e. The Morgan fingerprint density at radius 1 is 1.41 bits per heavy atom. The average Bonchev–Trinajstić information content (AvgIpc) is 2.45. The van der Waals surface area contributed by atoms with Crippen molar-refractivity contribution in [2.75, 3.05) is 25.0 Å². The van der Waals surface area contributed by atoms with Crippen molar-refractivity contribution >= 4 is 11.8 Å². The first-order valence-electron chi connectivity index (χ1n) is 7.82. The van der Waals surface area contributed by atoms with Crippen LogP contribution in [0.25, 0.3) is 0 Å². The van der Waals surface area contributed by atoms with Crippen LogP contribution in [-0.4, -0.2) is 47.4 Å². The minimum atomic E-state index is -0.530. The molecular formula is C17H26N2O3. The molecule has 0 bridgehead atoms. The lowest BCUT2D eigenvalue weighted by Crippen LogP contribution is -2.45. The minimum absolute atomic E-state index is 0.0669. The Labute approximate surface area is 132 Å². The number of nitrogens with one attached hydrogen (secondary N) is 1. The number of fused-ring (bicyclic) bond motifs is 1. The molecule has 0 saturated heterocycles. The van der Waals surface area contributed by atoms with E-state index in [-0.39, 0.29) is 25.3 Å². The van der Waals surface area contributed by atoms with Gasteiger partial charge in [-0.05, 0) is 45.2 Å². The second kappa shape index (κ2) is 7.01. The highest BCUT2D eigenvalue weighted by molar-refractivity contribution is 5.68. The largest absolute Gasteiger partial charge is 0.444 e. The number of nitrogens with zero attached hydrogens (tertiary/aromatic N) is 1. The van der Waals surface area contributed by atoms with Crippen molar-refractivity contribution in [3.8, 4) is 0 Å². The molecule has 5 heteroatoms. The van der Waals surface area contributed by atoms with Gasteiger partial charge in [0.1, 0.15) is 5.60 Å². The van der Waals surface area contributed by atoms with E-state index in [0.29, 0.717) is 6.54 Å². The lowest BCUT2D eigenvalue weighted by Gasteiger charge is -2.33. The number of amides is 1. The van der Waals surface area contributed by atoms with E-state index in [9.17, 15) is 9.90 Å². The van der Waals surface area contributed by atoms with E-state index in [4.69, 9.17) is 4.74 Å². The first-order chi connectivity index (χ1) is 10.4. The van der Waals surface area contributed by atoms with Crippen molar-refractivity contribution in [2.24, 2.45) is 0 Å². The predicted molar refractivity (Wildman–Crippen MR) is 87.1 cm³/mol. The topological polar surface area (TPSA) is 61.8 Å². The summed E-state index contributed by atoms with van der Waals surface area (Å²) in [4.78, 5) is 13.8. The summed E-state index contributed by atoms with van der Waals surface area (Å²) in [6.45, 7) is 6.28. The highest BCUT2D eigenvalue weighted by Crippen LogP contribution is 2.24. The van der Waals surface area contributed by atoms with Gasteiger partial charge in [-0.25, -0.2) is 4.79 Å². The normalized spacial score (nSPS) is 17.4. The van der Waals surface area contributed by atoms with Crippen molar-refractivity contribution in [1.82, 2.24) is 4.90 Å². The maximum atomic E-state index is 12.2. The summed E-state index contributed by atoms with van der Waals surface area (Å²) in [5.74, 6) is 0. The van der Waals surface area contributed by atoms with Crippen LogP contribution in [0.15, 0.2) is 24.3 Å². The summed E-state index contributed by atoms with van der Waals surface area (Å²) in [5.41, 5.74) is 1.91. The Morgan fingerprint density at radius 3 is 2.82 bits per heavy atom. The Kier molecular flexibility index (Phi) is 5.29. The molecule has 1 amide bonds. The number of hydrogen-bond acceptors (Lipinski definition) is 4. The number of aryl methyl sites for hydroxylation is 1. The molecule has 0 radical (unpaired) electrons. The SMILES string of the molecule is CC(C)(C)OC(=O)N(CCO)C[C@H]1CCc2ccccc2N1. The van der Waals surface area contributed by atoms with E-state index < -0.39 is 5.60 Å². The molecule has 0 aromatic heterocycles. The molecule has 1 aliphatic heterocycles. The van der Waals surface area contributed by atoms with Crippen LogP contribution in [0.5, 0.6) is 0 Å². The van der Waals surface area contributed by atoms with Crippen LogP contribution < -0.4 is 5.32 Å². The van der Waals surface area contributed by atoms with Crippen LogP contribution >= 0.6 is 0 Å². The first kappa shape index (κ1) is 16.6. The van der Waals surface area contributed by atoms with Gasteiger partial charge in [0.25, 0.3) is 0 Å². The van der Waals surface area contributed by atoms with Crippen molar-refractivity contribution in [2.45, 2.75) is 45.3 Å². The van der Waals surface area contributed by atoms with Crippen LogP contribution in [0.4, 0.5) is 10.5 Å². The lowest BCUT2D eigenvalue weighted by atomic mass is 9.98. The number of ether oxygens (including phenoxy) is 1. The molecular weight excluding hydrogens is 280 g/mol. The molecule has 1 atom stereocenters. The van der Waals surface area contributed by atoms with E-state index in [1.807, 2.05) is 32.9 Å². The van der Waals surface area contributed by atoms with Crippen molar-refractivity contribution in [3.05, 3.63) is 29.8 Å². The number of carbonyl (C=O) groups is 1. The molecule has 0 fully saturated rings. The zero-order chi connectivity index (χ0) is 16.2. The highest BCUT2D eigenvalue weighted by Gasteiger charge is 2.26. The third kappa shape index (κ3) is 4.63. The third-order valence-corrected chi connectivity index (χ3v) is 3.60. The van der Waals surface area contributed by atoms with Crippen LogP contribution in [0.3, 0.4) is 0 Å². The molecule has 122 valence electrons. The number of carbonyl (C=O) groups excluding carboxylic acids is 1. The van der Waals surface area contributed by atoms with Gasteiger partial charge in [0.2, 0.25) is 0 Å². The number of para-hydroxylation sites is 1. The fourth-order valence-corrected chi connectivity index (χ4v) is 2.61. The first-order valence-corrected chi connectivity index (χ1v) is 7.82. The van der Waals surface area contributed by atoms with Crippen LogP contribution in [-0.2, 0) is 11.2 Å². The number of anilines is 1. The molecule has 1 aromatic carbocycles. The number of hydrogen-bond donors (Lipinski definition) is 2. The van der Waals surface area contributed by atoms with Gasteiger partial charge in [-0.3, -0.25) is 0 Å². The van der Waals surface area contributed by atoms with Gasteiger partial charge in [0.15, 0.2) is 0 Å². The van der Waals surface area contributed by atoms with E-state index in [1.54, 1.807) is 4.90 Å². The molecule has 2 N–H and O–H groups in total. The zero-order valence-corrected chi connectivity index (χ0v) is 13.6. The number of rotatable bonds is 4. The van der Waals surface area contributed by atoms with E-state index in [0.717, 1.165) is 18.5 Å². The van der Waals surface area contributed by atoms with Gasteiger partial charge in [-0.2, -0.15) is 0 Å². The molecule has 22 heavy (non-hydrogen) atoms. The Bertz CT molecular complexity index is 511. The monoisotopic (exact) mass is 306 g/mol. The van der Waals surface area contributed by atoms with E-state index >= 15 is 0 Å². The average molecular weight is 306 g/mol. The molecule has 0 unspecified atom stereocenters. The Morgan fingerprint density at radius 2 is 2.14 bits per heavy atom. The number of aliphatic hydroxyl groups is 1. The maximum Gasteiger partial charge on any atom is 0.410 e. The predicted octanol–water partition coefficient (Wildman–Crippen LogP) is 2.64. The van der Waals surface area contributed by atoms with Crippen LogP contribution in [0, 0.1) is 0 Å². The van der Waals surface area contributed by atoms with Crippen molar-refractivity contribution in [1.29, 1.82) is 0 Å². The standard InChI is InChI=1S/C17H26N2O3/c1-17(2,3)22-16(21)19(10-11-20)12-14-9-8-13-6-4-5-7-15(13)18-14/h4-7,14,18,20H,8-12H2,1-3H3/t14-/m1/s1. The van der Waals surface area contributed by atoms with Gasteiger partial charge in [0, 0.05) is 24.8 Å². The van der Waals surface area contributed by atoms with Gasteiger partial charge >= 0.3 is 6.09 Å². The number of aliphatic hydroxyl groups excluding tert-OH is 1. The zero-order valence-electron chi connectivity index (χ0n) is 13.6. The van der Waals surface area contributed by atoms with Crippen LogP contribution in [0.1, 0.15) is 32.8 Å². The maximum absolute atomic E-state index is 12.2. The Balaban J connectivity index is 1.98. The van der Waals surface area contributed by atoms with Crippen molar-refractivity contribution < 1.29 is 14.6 Å². The molecule has 2 rings (SSSR count). The van der Waals surface area contributed by atoms with Gasteiger partial charge < -0.3 is 20.1 Å². The summed E-state index contributed by atoms with van der Waals surface area (Å²) in [6, 6.07) is 8.41. The second-order valence-electron chi connectivity index (χ2n) is 6.69. The highest BCUT2D eigenvalue weighted by atomic mass is 16.6. The fraction of sp³-hybridized carbons (Fsp3) is 0.588. The van der Waals surface area contributed by atoms with Gasteiger partial charge in [-0.1, -0.05) is 18.2 Å². The summed E-state index contributed by atoms with van der Waals surface area (Å²) in [5, 5.41) is 12.7. The quantitative estimate of drug-likeness (QED) is 0.898. The second-order valence-corrected chi connectivity index (χ2v) is 6.69. The Hall–Kier alpha value is -1.75. The van der Waals surface area contributed by atoms with E-state index in [1.165, 1.54) is 5.56 Å². The molecule has 1 aliphatic rings. The summed E-state index contributed by atoms with van der Waals surface area (Å²) < 4.78 is 5.41. The van der Waals surface area contributed by atoms with Gasteiger partial charge in [0.05, 0.1) is 6.61 Å². The van der Waals surface area contributed by atoms with Crippen LogP contribution in [0.2, 0.25) is 0 Å². The summed E-state index contributed by atoms with van der Waals surface area (Å²) in [7, 11) is 0. The molecule has 0 aliphatic carbocycles. The molecule has 0 saturated carbocycles. The number of benzene rings is 1. The van der Waals surface area contributed by atoms with Gasteiger partial charge in [-0.15, -0.1) is 0 Å². The summed E-state index contributed by atoms with van der Waals surface area (Å²) >= 11 is 0. The van der Waals surface area contributed by atoms with Crippen molar-refractivity contribution in [3.63, 3.8) is 0 Å². The molecule has 1 heterocycles. The molecule has 1 aromatic rings. The third-order valence-electron chi connectivity index (χ3n) is 3.60. The molecule has 0 spiro atoms. The molecule has 5 nitrogen and oxygen atoms in total.